The Hall–Kier alpha value is -3.15. The largest absolute Gasteiger partial charge is 0.485 e. The Morgan fingerprint density at radius 1 is 1.13 bits per heavy atom. The van der Waals surface area contributed by atoms with Gasteiger partial charge in [-0.05, 0) is 75.3 Å². The maximum atomic E-state index is 13.0. The van der Waals surface area contributed by atoms with E-state index in [1.54, 1.807) is 18.2 Å². The molecule has 6 heteroatoms. The minimum absolute atomic E-state index is 0.228. The lowest BCUT2D eigenvalue weighted by molar-refractivity contribution is -0.148. The van der Waals surface area contributed by atoms with Crippen LogP contribution in [-0.2, 0) is 14.3 Å². The number of allylic oxidation sites excluding steroid dienone is 7. The summed E-state index contributed by atoms with van der Waals surface area (Å²) in [7, 11) is 0. The van der Waals surface area contributed by atoms with Crippen molar-refractivity contribution in [1.82, 2.24) is 0 Å². The number of hydrogen-bond donors (Lipinski definition) is 1. The van der Waals surface area contributed by atoms with Crippen LogP contribution in [0.1, 0.15) is 44.9 Å². The number of rotatable bonds is 10. The molecule has 0 bridgehead atoms. The minimum atomic E-state index is -1.06. The molecule has 31 heavy (non-hydrogen) atoms. The van der Waals surface area contributed by atoms with E-state index in [0.717, 1.165) is 19.3 Å². The molecule has 164 valence electrons. The second-order valence-electron chi connectivity index (χ2n) is 7.57. The average Bonchev–Trinajstić information content (AvgIpc) is 3.02. The van der Waals surface area contributed by atoms with Crippen molar-refractivity contribution in [3.63, 3.8) is 0 Å². The summed E-state index contributed by atoms with van der Waals surface area (Å²) < 4.78 is 24.3. The average molecular weight is 426 g/mol. The van der Waals surface area contributed by atoms with Crippen LogP contribution in [0.4, 0.5) is 4.39 Å². The molecule has 1 atom stereocenters. The summed E-state index contributed by atoms with van der Waals surface area (Å²) in [6.45, 7) is -0.261. The van der Waals surface area contributed by atoms with E-state index in [4.69, 9.17) is 9.47 Å². The number of hydrogen-bond acceptors (Lipinski definition) is 4. The molecule has 0 saturated carbocycles. The Labute approximate surface area is 181 Å². The lowest BCUT2D eigenvalue weighted by Crippen LogP contribution is -2.26. The van der Waals surface area contributed by atoms with Gasteiger partial charge in [-0.25, -0.2) is 9.18 Å². The summed E-state index contributed by atoms with van der Waals surface area (Å²) in [5.74, 6) is -1.18. The molecular weight excluding hydrogens is 399 g/mol. The Balaban J connectivity index is 1.64. The number of benzene rings is 1. The standard InChI is InChI=1S/C25H27FO5/c26-19-12-14-20(15-13-19)30-17-22(27)21-9-5-2-6-10-23(21)31-24(25(28)29)16-11-18-7-3-1-4-8-18/h2,6-7,9-10,12-15,24H,1,3-5,8,11,16-17H2,(H,28,29). The Bertz CT molecular complexity index is 908. The van der Waals surface area contributed by atoms with E-state index in [1.165, 1.54) is 36.3 Å². The first-order valence-corrected chi connectivity index (χ1v) is 10.6. The van der Waals surface area contributed by atoms with Crippen LogP contribution >= 0.6 is 0 Å². The second kappa shape index (κ2) is 11.3. The fourth-order valence-electron chi connectivity index (χ4n) is 3.56. The molecule has 1 aromatic rings. The summed E-state index contributed by atoms with van der Waals surface area (Å²) in [5, 5.41) is 9.65. The lowest BCUT2D eigenvalue weighted by Gasteiger charge is -2.20. The van der Waals surface area contributed by atoms with Gasteiger partial charge in [0, 0.05) is 0 Å². The molecular formula is C25H27FO5. The lowest BCUT2D eigenvalue weighted by atomic mass is 9.95. The Kier molecular flexibility index (Phi) is 8.21. The number of Topliss-reactive ketones (excluding diaryl/α,β-unsaturated/α-hetero) is 1. The van der Waals surface area contributed by atoms with Gasteiger partial charge in [0.25, 0.3) is 0 Å². The van der Waals surface area contributed by atoms with Crippen LogP contribution in [0.3, 0.4) is 0 Å². The molecule has 0 fully saturated rings. The third-order valence-corrected chi connectivity index (χ3v) is 5.25. The second-order valence-corrected chi connectivity index (χ2v) is 7.57. The molecule has 1 unspecified atom stereocenters. The third kappa shape index (κ3) is 6.95. The predicted molar refractivity (Wildman–Crippen MR) is 115 cm³/mol. The highest BCUT2D eigenvalue weighted by Crippen LogP contribution is 2.25. The molecule has 0 spiro atoms. The first-order valence-electron chi connectivity index (χ1n) is 10.6. The van der Waals surface area contributed by atoms with Crippen molar-refractivity contribution in [3.8, 4) is 5.75 Å². The molecule has 2 aliphatic rings. The zero-order valence-corrected chi connectivity index (χ0v) is 17.4. The van der Waals surface area contributed by atoms with Crippen LogP contribution < -0.4 is 4.74 Å². The highest BCUT2D eigenvalue weighted by atomic mass is 19.1. The van der Waals surface area contributed by atoms with E-state index in [-0.39, 0.29) is 23.7 Å². The molecule has 1 aromatic carbocycles. The zero-order chi connectivity index (χ0) is 22.1. The smallest absolute Gasteiger partial charge is 0.344 e. The predicted octanol–water partition coefficient (Wildman–Crippen LogP) is 5.29. The van der Waals surface area contributed by atoms with Gasteiger partial charge in [0.15, 0.2) is 12.7 Å². The summed E-state index contributed by atoms with van der Waals surface area (Å²) in [4.78, 5) is 24.6. The van der Waals surface area contributed by atoms with Crippen molar-refractivity contribution >= 4 is 11.8 Å². The van der Waals surface area contributed by atoms with E-state index in [0.29, 0.717) is 25.0 Å². The monoisotopic (exact) mass is 426 g/mol. The van der Waals surface area contributed by atoms with E-state index in [2.05, 4.69) is 6.08 Å². The molecule has 0 saturated heterocycles. The van der Waals surface area contributed by atoms with Gasteiger partial charge < -0.3 is 14.6 Å². The SMILES string of the molecule is O=C(COc1ccc(F)cc1)C1=CCC=CC=C1OC(CCC1=CCCCC1)C(=O)O. The van der Waals surface area contributed by atoms with Crippen LogP contribution in [0.15, 0.2) is 71.6 Å². The van der Waals surface area contributed by atoms with E-state index in [1.807, 2.05) is 6.08 Å². The Morgan fingerprint density at radius 3 is 2.65 bits per heavy atom. The molecule has 3 rings (SSSR count). The van der Waals surface area contributed by atoms with Crippen LogP contribution in [0, 0.1) is 5.82 Å². The van der Waals surface area contributed by atoms with E-state index < -0.39 is 17.9 Å². The topological polar surface area (TPSA) is 72.8 Å². The third-order valence-electron chi connectivity index (χ3n) is 5.25. The fourth-order valence-corrected chi connectivity index (χ4v) is 3.56. The summed E-state index contributed by atoms with van der Waals surface area (Å²) >= 11 is 0. The number of carbonyl (C=O) groups is 2. The van der Waals surface area contributed by atoms with Gasteiger partial charge >= 0.3 is 5.97 Å². The molecule has 0 radical (unpaired) electrons. The Morgan fingerprint density at radius 2 is 1.94 bits per heavy atom. The number of ether oxygens (including phenoxy) is 2. The molecule has 0 heterocycles. The molecule has 5 nitrogen and oxygen atoms in total. The summed E-state index contributed by atoms with van der Waals surface area (Å²) in [6, 6.07) is 5.39. The quantitative estimate of drug-likeness (QED) is 0.515. The van der Waals surface area contributed by atoms with E-state index in [9.17, 15) is 19.1 Å². The number of carboxylic acids is 1. The minimum Gasteiger partial charge on any atom is -0.485 e. The first kappa shape index (κ1) is 22.5. The van der Waals surface area contributed by atoms with Crippen LogP contribution in [0.25, 0.3) is 0 Å². The van der Waals surface area contributed by atoms with Gasteiger partial charge in [0.2, 0.25) is 5.78 Å². The summed E-state index contributed by atoms with van der Waals surface area (Å²) in [5.41, 5.74) is 1.56. The normalized spacial score (nSPS) is 17.0. The van der Waals surface area contributed by atoms with Crippen molar-refractivity contribution in [3.05, 3.63) is 77.4 Å². The molecule has 0 aromatic heterocycles. The maximum absolute atomic E-state index is 13.0. The van der Waals surface area contributed by atoms with Crippen molar-refractivity contribution in [2.45, 2.75) is 51.0 Å². The summed E-state index contributed by atoms with van der Waals surface area (Å²) in [6.07, 6.45) is 13.9. The van der Waals surface area contributed by atoms with Crippen molar-refractivity contribution in [1.29, 1.82) is 0 Å². The molecule has 2 aliphatic carbocycles. The van der Waals surface area contributed by atoms with Gasteiger partial charge in [-0.1, -0.05) is 29.9 Å². The number of aliphatic carboxylic acids is 1. The van der Waals surface area contributed by atoms with Crippen LogP contribution in [0.5, 0.6) is 5.75 Å². The number of carboxylic acid groups (broad SMARTS) is 1. The first-order chi connectivity index (χ1) is 15.0. The molecule has 1 N–H and O–H groups in total. The van der Waals surface area contributed by atoms with Crippen molar-refractivity contribution in [2.75, 3.05) is 6.61 Å². The van der Waals surface area contributed by atoms with Gasteiger partial charge in [-0.3, -0.25) is 4.79 Å². The van der Waals surface area contributed by atoms with E-state index >= 15 is 0 Å². The molecule has 0 amide bonds. The van der Waals surface area contributed by atoms with Gasteiger partial charge in [-0.15, -0.1) is 0 Å². The maximum Gasteiger partial charge on any atom is 0.344 e. The zero-order valence-electron chi connectivity index (χ0n) is 17.4. The number of carbonyl (C=O) groups excluding carboxylic acids is 1. The van der Waals surface area contributed by atoms with Crippen LogP contribution in [0.2, 0.25) is 0 Å². The highest BCUT2D eigenvalue weighted by Gasteiger charge is 2.25. The van der Waals surface area contributed by atoms with Crippen molar-refractivity contribution < 1.29 is 28.6 Å². The van der Waals surface area contributed by atoms with Crippen molar-refractivity contribution in [2.24, 2.45) is 0 Å². The van der Waals surface area contributed by atoms with Crippen LogP contribution in [-0.4, -0.2) is 29.6 Å². The highest BCUT2D eigenvalue weighted by molar-refractivity contribution is 6.00. The fraction of sp³-hybridized carbons (Fsp3) is 0.360. The van der Waals surface area contributed by atoms with Gasteiger partial charge in [0.1, 0.15) is 17.3 Å². The number of ketones is 1. The van der Waals surface area contributed by atoms with Gasteiger partial charge in [0.05, 0.1) is 5.57 Å². The number of halogens is 1. The van der Waals surface area contributed by atoms with Gasteiger partial charge in [-0.2, -0.15) is 0 Å². The molecule has 0 aliphatic heterocycles.